The quantitative estimate of drug-likeness (QED) is 0.526. The molecule has 2 aromatic rings. The van der Waals surface area contributed by atoms with Gasteiger partial charge in [0.1, 0.15) is 0 Å². The third-order valence-corrected chi connectivity index (χ3v) is 4.36. The lowest BCUT2D eigenvalue weighted by atomic mass is 10.1. The number of fused-ring (bicyclic) bond motifs is 2. The number of amidine groups is 2. The first-order valence-electron chi connectivity index (χ1n) is 7.62. The second-order valence-electron chi connectivity index (χ2n) is 5.66. The summed E-state index contributed by atoms with van der Waals surface area (Å²) in [6.07, 6.45) is 0.611. The Kier molecular flexibility index (Phi) is 3.98. The van der Waals surface area contributed by atoms with Gasteiger partial charge >= 0.3 is 0 Å². The van der Waals surface area contributed by atoms with Crippen LogP contribution in [0.4, 0.5) is 5.69 Å². The van der Waals surface area contributed by atoms with E-state index in [1.807, 2.05) is 41.7 Å². The van der Waals surface area contributed by atoms with Crippen molar-refractivity contribution in [3.63, 3.8) is 0 Å². The van der Waals surface area contributed by atoms with Crippen LogP contribution in [-0.2, 0) is 6.42 Å². The van der Waals surface area contributed by atoms with Gasteiger partial charge in [0.15, 0.2) is 11.5 Å². The van der Waals surface area contributed by atoms with E-state index in [0.29, 0.717) is 12.3 Å². The summed E-state index contributed by atoms with van der Waals surface area (Å²) in [4.78, 5) is 8.86. The minimum Gasteiger partial charge on any atom is -0.454 e. The summed E-state index contributed by atoms with van der Waals surface area (Å²) >= 11 is 3.47. The fourth-order valence-corrected chi connectivity index (χ4v) is 3.16. The number of nitrogens with zero attached hydrogens (tertiary/aromatic N) is 2. The third-order valence-electron chi connectivity index (χ3n) is 3.87. The van der Waals surface area contributed by atoms with E-state index in [-0.39, 0.29) is 12.8 Å². The normalized spacial score (nSPS) is 16.5. The molecular formula is C17H15BrN5O2+. The van der Waals surface area contributed by atoms with E-state index in [0.717, 1.165) is 38.6 Å². The van der Waals surface area contributed by atoms with Gasteiger partial charge in [-0.1, -0.05) is 22.0 Å². The number of guanidine groups is 1. The number of halogens is 1. The molecule has 2 aliphatic rings. The van der Waals surface area contributed by atoms with E-state index >= 15 is 0 Å². The number of nitrogens with one attached hydrogen (secondary N) is 1. The predicted octanol–water partition coefficient (Wildman–Crippen LogP) is 1.67. The zero-order valence-corrected chi connectivity index (χ0v) is 14.7. The molecular weight excluding hydrogens is 386 g/mol. The Labute approximate surface area is 152 Å². The Balaban J connectivity index is 1.69. The maximum atomic E-state index is 7.48. The largest absolute Gasteiger partial charge is 0.454 e. The van der Waals surface area contributed by atoms with Crippen molar-refractivity contribution in [1.29, 1.82) is 5.41 Å². The first-order chi connectivity index (χ1) is 12.1. The number of aliphatic imine (C=N–C) groups is 2. The zero-order valence-electron chi connectivity index (χ0n) is 13.1. The van der Waals surface area contributed by atoms with Crippen molar-refractivity contribution < 1.29 is 14.8 Å². The van der Waals surface area contributed by atoms with Gasteiger partial charge in [-0.25, -0.2) is 0 Å². The monoisotopic (exact) mass is 400 g/mol. The molecule has 2 heterocycles. The van der Waals surface area contributed by atoms with Gasteiger partial charge in [0.05, 0.1) is 17.7 Å². The number of quaternary nitrogens is 1. The number of hydrogen-bond acceptors (Lipinski definition) is 4. The molecule has 25 heavy (non-hydrogen) atoms. The van der Waals surface area contributed by atoms with Gasteiger partial charge in [-0.05, 0) is 35.9 Å². The highest BCUT2D eigenvalue weighted by molar-refractivity contribution is 9.10. The number of benzene rings is 2. The highest BCUT2D eigenvalue weighted by atomic mass is 79.9. The number of hydrogen-bond donors (Lipinski definition) is 3. The van der Waals surface area contributed by atoms with Crippen molar-refractivity contribution in [3.05, 3.63) is 52.0 Å². The van der Waals surface area contributed by atoms with Crippen LogP contribution in [0.2, 0.25) is 0 Å². The van der Waals surface area contributed by atoms with Crippen molar-refractivity contribution in [3.8, 4) is 11.5 Å². The Morgan fingerprint density at radius 2 is 2.08 bits per heavy atom. The summed E-state index contributed by atoms with van der Waals surface area (Å²) in [7, 11) is 0. The van der Waals surface area contributed by atoms with Gasteiger partial charge in [0, 0.05) is 4.47 Å². The lowest BCUT2D eigenvalue weighted by molar-refractivity contribution is -0.410. The highest BCUT2D eigenvalue weighted by Crippen LogP contribution is 2.33. The average Bonchev–Trinajstić information content (AvgIpc) is 3.01. The number of nitrogens with two attached hydrogens (primary N) is 2. The van der Waals surface area contributed by atoms with Crippen LogP contribution in [0.3, 0.4) is 0 Å². The predicted molar refractivity (Wildman–Crippen MR) is 97.9 cm³/mol. The van der Waals surface area contributed by atoms with Crippen molar-refractivity contribution >= 4 is 39.2 Å². The van der Waals surface area contributed by atoms with E-state index in [4.69, 9.17) is 25.6 Å². The third kappa shape index (κ3) is 3.26. The van der Waals surface area contributed by atoms with Crippen LogP contribution >= 0.6 is 15.9 Å². The van der Waals surface area contributed by atoms with Gasteiger partial charge in [-0.15, -0.1) is 0 Å². The smallest absolute Gasteiger partial charge is 0.243 e. The molecule has 0 aliphatic carbocycles. The molecule has 4 rings (SSSR count). The van der Waals surface area contributed by atoms with Crippen LogP contribution in [0.5, 0.6) is 11.5 Å². The molecule has 0 unspecified atom stereocenters. The van der Waals surface area contributed by atoms with Crippen LogP contribution in [0.15, 0.2) is 50.9 Å². The summed E-state index contributed by atoms with van der Waals surface area (Å²) in [6.45, 7) is 0.253. The molecule has 126 valence electrons. The first kappa shape index (κ1) is 15.8. The molecule has 0 bridgehead atoms. The number of ether oxygens (including phenoxy) is 2. The van der Waals surface area contributed by atoms with Crippen LogP contribution in [0.1, 0.15) is 11.1 Å². The molecule has 0 spiro atoms. The van der Waals surface area contributed by atoms with E-state index in [1.54, 1.807) is 0 Å². The molecule has 0 atom stereocenters. The molecule has 0 saturated heterocycles. The highest BCUT2D eigenvalue weighted by Gasteiger charge is 2.24. The second kappa shape index (κ2) is 6.30. The van der Waals surface area contributed by atoms with Crippen molar-refractivity contribution in [1.82, 2.24) is 0 Å². The molecule has 5 N–H and O–H groups in total. The lowest BCUT2D eigenvalue weighted by Gasteiger charge is -2.15. The Morgan fingerprint density at radius 3 is 2.92 bits per heavy atom. The maximum absolute atomic E-state index is 7.48. The molecule has 0 fully saturated rings. The second-order valence-corrected chi connectivity index (χ2v) is 6.57. The molecule has 8 heteroatoms. The standard InChI is InChI=1S/C17H14BrN5O2/c18-10-2-3-11-12(7-10)21-15(22-16(11)23-17(19)20)6-9-1-4-13-14(5-9)25-8-24-13/h1-5,7H,6,8H2,(H4,19,20,21,22,23)/p+1. The van der Waals surface area contributed by atoms with Gasteiger partial charge in [-0.2, -0.15) is 9.98 Å². The van der Waals surface area contributed by atoms with Crippen molar-refractivity contribution in [2.24, 2.45) is 15.7 Å². The summed E-state index contributed by atoms with van der Waals surface area (Å²) in [6, 6.07) is 11.6. The van der Waals surface area contributed by atoms with Gasteiger partial charge in [0.25, 0.3) is 0 Å². The summed E-state index contributed by atoms with van der Waals surface area (Å²) in [5.41, 5.74) is 8.17. The minimum atomic E-state index is -0.232. The molecule has 0 aromatic heterocycles. The lowest BCUT2D eigenvalue weighted by Crippen LogP contribution is -2.93. The topological polar surface area (TPSA) is 110 Å². The average molecular weight is 401 g/mol. The molecule has 7 nitrogen and oxygen atoms in total. The Morgan fingerprint density at radius 1 is 1.24 bits per heavy atom. The summed E-state index contributed by atoms with van der Waals surface area (Å²) in [5, 5.41) is 9.34. The first-order valence-corrected chi connectivity index (χ1v) is 8.41. The van der Waals surface area contributed by atoms with Crippen LogP contribution in [0.25, 0.3) is 0 Å². The Hall–Kier alpha value is -2.71. The SMILES string of the molecule is N=C(N)/N=C1\[NH2+]C(Cc2ccc3c(c2)OCO3)=Nc2cc(Br)ccc21. The van der Waals surface area contributed by atoms with Crippen molar-refractivity contribution in [2.75, 3.05) is 6.79 Å². The van der Waals surface area contributed by atoms with E-state index in [1.165, 1.54) is 0 Å². The van der Waals surface area contributed by atoms with Gasteiger partial charge < -0.3 is 15.2 Å². The van der Waals surface area contributed by atoms with Gasteiger partial charge in [-0.3, -0.25) is 10.7 Å². The van der Waals surface area contributed by atoms with Crippen LogP contribution in [0, 0.1) is 5.41 Å². The molecule has 2 aliphatic heterocycles. The van der Waals surface area contributed by atoms with Crippen LogP contribution < -0.4 is 20.5 Å². The molecule has 0 radical (unpaired) electrons. The van der Waals surface area contributed by atoms with Crippen molar-refractivity contribution in [2.45, 2.75) is 6.42 Å². The molecule has 0 saturated carbocycles. The fourth-order valence-electron chi connectivity index (χ4n) is 2.81. The summed E-state index contributed by atoms with van der Waals surface area (Å²) < 4.78 is 11.7. The van der Waals surface area contributed by atoms with E-state index in [9.17, 15) is 0 Å². The number of rotatable bonds is 2. The fraction of sp³-hybridized carbons (Fsp3) is 0.118. The molecule has 0 amide bonds. The van der Waals surface area contributed by atoms with Crippen LogP contribution in [-0.4, -0.2) is 24.4 Å². The Bertz CT molecular complexity index is 939. The summed E-state index contributed by atoms with van der Waals surface area (Å²) in [5.74, 6) is 2.75. The van der Waals surface area contributed by atoms with Gasteiger partial charge in [0.2, 0.25) is 24.4 Å². The zero-order chi connectivity index (χ0) is 17.4. The maximum Gasteiger partial charge on any atom is 0.243 e. The molecule has 2 aromatic carbocycles. The van der Waals surface area contributed by atoms with E-state index < -0.39 is 0 Å². The minimum absolute atomic E-state index is 0.232. The van der Waals surface area contributed by atoms with E-state index in [2.05, 4.69) is 20.9 Å².